The highest BCUT2D eigenvalue weighted by Crippen LogP contribution is 2.17. The summed E-state index contributed by atoms with van der Waals surface area (Å²) in [4.78, 5) is 24.7. The lowest BCUT2D eigenvalue weighted by Gasteiger charge is -2.18. The number of nitrogens with zero attached hydrogens (tertiary/aromatic N) is 3. The molecular formula is C17H18N4O2. The molecule has 0 fully saturated rings. The van der Waals surface area contributed by atoms with Crippen LogP contribution in [0, 0.1) is 17.2 Å². The first-order valence-corrected chi connectivity index (χ1v) is 7.34. The van der Waals surface area contributed by atoms with Crippen molar-refractivity contribution in [3.8, 4) is 6.07 Å². The lowest BCUT2D eigenvalue weighted by atomic mass is 9.98. The molecule has 2 atom stereocenters. The van der Waals surface area contributed by atoms with Gasteiger partial charge in [-0.15, -0.1) is 0 Å². The zero-order valence-electron chi connectivity index (χ0n) is 13.1. The Morgan fingerprint density at radius 1 is 1.35 bits per heavy atom. The fourth-order valence-corrected chi connectivity index (χ4v) is 2.31. The number of nitriles is 1. The number of aromatic nitrogens is 2. The molecule has 2 unspecified atom stereocenters. The summed E-state index contributed by atoms with van der Waals surface area (Å²) in [5, 5.41) is 15.9. The van der Waals surface area contributed by atoms with Crippen LogP contribution in [0.25, 0.3) is 0 Å². The number of aryl methyl sites for hydroxylation is 1. The smallest absolute Gasteiger partial charge is 0.245 e. The Kier molecular flexibility index (Phi) is 5.26. The van der Waals surface area contributed by atoms with Gasteiger partial charge in [-0.1, -0.05) is 37.3 Å². The zero-order chi connectivity index (χ0) is 16.8. The minimum absolute atomic E-state index is 0.235. The predicted molar refractivity (Wildman–Crippen MR) is 84.3 cm³/mol. The van der Waals surface area contributed by atoms with E-state index in [-0.39, 0.29) is 11.6 Å². The first kappa shape index (κ1) is 16.4. The minimum Gasteiger partial charge on any atom is -0.348 e. The molecular weight excluding hydrogens is 292 g/mol. The zero-order valence-corrected chi connectivity index (χ0v) is 13.1. The Morgan fingerprint density at radius 3 is 2.57 bits per heavy atom. The van der Waals surface area contributed by atoms with Crippen LogP contribution in [0.1, 0.15) is 35.3 Å². The molecule has 0 bridgehead atoms. The van der Waals surface area contributed by atoms with Crippen molar-refractivity contribution in [3.63, 3.8) is 0 Å². The molecule has 0 saturated heterocycles. The summed E-state index contributed by atoms with van der Waals surface area (Å²) in [5.74, 6) is -2.50. The van der Waals surface area contributed by atoms with Crippen LogP contribution in [-0.4, -0.2) is 21.5 Å². The second-order valence-corrected chi connectivity index (χ2v) is 5.21. The Labute approximate surface area is 134 Å². The number of nitrogens with one attached hydrogen (secondary N) is 1. The minimum atomic E-state index is -1.38. The van der Waals surface area contributed by atoms with E-state index in [1.54, 1.807) is 13.1 Å². The first-order chi connectivity index (χ1) is 11.1. The predicted octanol–water partition coefficient (Wildman–Crippen LogP) is 2.01. The number of rotatable bonds is 6. The second kappa shape index (κ2) is 7.36. The lowest BCUT2D eigenvalue weighted by Crippen LogP contribution is -2.37. The average molecular weight is 310 g/mol. The van der Waals surface area contributed by atoms with E-state index >= 15 is 0 Å². The van der Waals surface area contributed by atoms with Crippen LogP contribution in [0.5, 0.6) is 0 Å². The Morgan fingerprint density at radius 2 is 2.04 bits per heavy atom. The van der Waals surface area contributed by atoms with Crippen molar-refractivity contribution >= 4 is 11.7 Å². The molecule has 1 amide bonds. The van der Waals surface area contributed by atoms with Crippen LogP contribution < -0.4 is 5.32 Å². The summed E-state index contributed by atoms with van der Waals surface area (Å²) >= 11 is 0. The quantitative estimate of drug-likeness (QED) is 0.653. The summed E-state index contributed by atoms with van der Waals surface area (Å²) in [6.45, 7) is 1.93. The Balaban J connectivity index is 2.14. The van der Waals surface area contributed by atoms with Crippen LogP contribution in [0.4, 0.5) is 0 Å². The van der Waals surface area contributed by atoms with Gasteiger partial charge in [-0.25, -0.2) is 0 Å². The van der Waals surface area contributed by atoms with Crippen LogP contribution in [0.15, 0.2) is 42.7 Å². The molecule has 1 heterocycles. The highest BCUT2D eigenvalue weighted by molar-refractivity contribution is 6.11. The monoisotopic (exact) mass is 310 g/mol. The molecule has 0 aliphatic rings. The fourth-order valence-electron chi connectivity index (χ4n) is 2.31. The molecule has 0 radical (unpaired) electrons. The van der Waals surface area contributed by atoms with Gasteiger partial charge in [0.15, 0.2) is 11.7 Å². The van der Waals surface area contributed by atoms with Gasteiger partial charge >= 0.3 is 0 Å². The third-order valence-electron chi connectivity index (χ3n) is 3.57. The van der Waals surface area contributed by atoms with E-state index < -0.39 is 17.6 Å². The number of amides is 1. The van der Waals surface area contributed by atoms with E-state index in [1.165, 1.54) is 17.1 Å². The van der Waals surface area contributed by atoms with Crippen LogP contribution in [0.2, 0.25) is 0 Å². The molecule has 2 aromatic rings. The van der Waals surface area contributed by atoms with Gasteiger partial charge < -0.3 is 5.32 Å². The molecule has 0 aliphatic carbocycles. The second-order valence-electron chi connectivity index (χ2n) is 5.21. The summed E-state index contributed by atoms with van der Waals surface area (Å²) in [7, 11) is 1.67. The van der Waals surface area contributed by atoms with Gasteiger partial charge in [-0.3, -0.25) is 14.3 Å². The molecule has 0 saturated carbocycles. The molecule has 1 aromatic carbocycles. The van der Waals surface area contributed by atoms with Crippen molar-refractivity contribution in [3.05, 3.63) is 53.9 Å². The number of hydrogen-bond donors (Lipinski definition) is 1. The maximum Gasteiger partial charge on any atom is 0.245 e. The van der Waals surface area contributed by atoms with Gasteiger partial charge in [0.2, 0.25) is 5.91 Å². The molecule has 1 aromatic heterocycles. The van der Waals surface area contributed by atoms with E-state index in [2.05, 4.69) is 10.4 Å². The van der Waals surface area contributed by atoms with Crippen LogP contribution in [-0.2, 0) is 11.8 Å². The Bertz CT molecular complexity index is 731. The molecule has 23 heavy (non-hydrogen) atoms. The molecule has 118 valence electrons. The fraction of sp³-hybridized carbons (Fsp3) is 0.294. The summed E-state index contributed by atoms with van der Waals surface area (Å²) < 4.78 is 1.46. The van der Waals surface area contributed by atoms with Gasteiger partial charge in [0, 0.05) is 13.2 Å². The third kappa shape index (κ3) is 3.83. The highest BCUT2D eigenvalue weighted by Gasteiger charge is 2.29. The van der Waals surface area contributed by atoms with E-state index in [9.17, 15) is 14.9 Å². The normalized spacial score (nSPS) is 12.9. The van der Waals surface area contributed by atoms with E-state index in [0.717, 1.165) is 5.56 Å². The average Bonchev–Trinajstić information content (AvgIpc) is 3.00. The van der Waals surface area contributed by atoms with E-state index in [4.69, 9.17) is 0 Å². The number of carbonyl (C=O) groups excluding carboxylic acids is 2. The maximum absolute atomic E-state index is 12.4. The lowest BCUT2D eigenvalue weighted by molar-refractivity contribution is -0.123. The van der Waals surface area contributed by atoms with Crippen molar-refractivity contribution < 1.29 is 9.59 Å². The topological polar surface area (TPSA) is 87.8 Å². The van der Waals surface area contributed by atoms with Crippen molar-refractivity contribution in [2.75, 3.05) is 0 Å². The van der Waals surface area contributed by atoms with Gasteiger partial charge in [-0.05, 0) is 12.0 Å². The van der Waals surface area contributed by atoms with Gasteiger partial charge in [0.1, 0.15) is 0 Å². The summed E-state index contributed by atoms with van der Waals surface area (Å²) in [6, 6.07) is 11.0. The molecule has 0 spiro atoms. The SMILES string of the molecule is CCC(NC(=O)C(C#N)C(=O)c1cnn(C)c1)c1ccccc1. The first-order valence-electron chi connectivity index (χ1n) is 7.34. The number of ketones is 1. The summed E-state index contributed by atoms with van der Waals surface area (Å²) in [5.41, 5.74) is 1.19. The maximum atomic E-state index is 12.4. The standard InChI is InChI=1S/C17H18N4O2/c1-3-15(12-7-5-4-6-8-12)20-17(23)14(9-18)16(22)13-10-19-21(2)11-13/h4-8,10-11,14-15H,3H2,1-2H3,(H,20,23). The number of hydrogen-bond acceptors (Lipinski definition) is 4. The van der Waals surface area contributed by atoms with Gasteiger partial charge in [0.25, 0.3) is 0 Å². The van der Waals surface area contributed by atoms with Crippen molar-refractivity contribution in [1.82, 2.24) is 15.1 Å². The molecule has 6 nitrogen and oxygen atoms in total. The van der Waals surface area contributed by atoms with Crippen molar-refractivity contribution in [1.29, 1.82) is 5.26 Å². The molecule has 1 N–H and O–H groups in total. The summed E-state index contributed by atoms with van der Waals surface area (Å²) in [6.07, 6.45) is 3.51. The molecule has 2 rings (SSSR count). The number of Topliss-reactive ketones (excluding diaryl/α,β-unsaturated/α-hetero) is 1. The van der Waals surface area contributed by atoms with E-state index in [0.29, 0.717) is 6.42 Å². The number of benzene rings is 1. The Hall–Kier alpha value is -2.94. The highest BCUT2D eigenvalue weighted by atomic mass is 16.2. The van der Waals surface area contributed by atoms with Gasteiger partial charge in [0.05, 0.1) is 23.9 Å². The van der Waals surface area contributed by atoms with Crippen LogP contribution >= 0.6 is 0 Å². The van der Waals surface area contributed by atoms with Gasteiger partial charge in [-0.2, -0.15) is 10.4 Å². The third-order valence-corrected chi connectivity index (χ3v) is 3.57. The largest absolute Gasteiger partial charge is 0.348 e. The number of carbonyl (C=O) groups is 2. The van der Waals surface area contributed by atoms with Crippen molar-refractivity contribution in [2.24, 2.45) is 13.0 Å². The van der Waals surface area contributed by atoms with Crippen molar-refractivity contribution in [2.45, 2.75) is 19.4 Å². The molecule has 0 aliphatic heterocycles. The van der Waals surface area contributed by atoms with Crippen LogP contribution in [0.3, 0.4) is 0 Å². The molecule has 6 heteroatoms. The van der Waals surface area contributed by atoms with E-state index in [1.807, 2.05) is 37.3 Å².